The van der Waals surface area contributed by atoms with Gasteiger partial charge in [-0.25, -0.2) is 4.79 Å². The fourth-order valence-electron chi connectivity index (χ4n) is 1.08. The van der Waals surface area contributed by atoms with Crippen molar-refractivity contribution >= 4 is 18.0 Å². The van der Waals surface area contributed by atoms with Crippen LogP contribution in [0.4, 0.5) is 8.78 Å². The van der Waals surface area contributed by atoms with Gasteiger partial charge in [0, 0.05) is 6.42 Å². The first-order valence-electron chi connectivity index (χ1n) is 4.79. The zero-order chi connectivity index (χ0) is 13.4. The van der Waals surface area contributed by atoms with Gasteiger partial charge in [-0.3, -0.25) is 5.04 Å². The molecule has 19 heavy (non-hydrogen) atoms. The van der Waals surface area contributed by atoms with Gasteiger partial charge < -0.3 is 9.99 Å². The van der Waals surface area contributed by atoms with E-state index in [9.17, 15) is 18.8 Å². The number of esters is 1. The normalized spacial score (nSPS) is 10.7. The van der Waals surface area contributed by atoms with E-state index in [4.69, 9.17) is 0 Å². The molecule has 0 saturated heterocycles. The van der Waals surface area contributed by atoms with Crippen LogP contribution >= 0.6 is 12.0 Å². The van der Waals surface area contributed by atoms with Gasteiger partial charge in [0.05, 0.1) is 6.61 Å². The van der Waals surface area contributed by atoms with Crippen LogP contribution in [-0.2, 0) is 25.3 Å². The molecule has 0 saturated carbocycles. The molecule has 0 aliphatic heterocycles. The van der Waals surface area contributed by atoms with E-state index in [1.54, 1.807) is 30.3 Å². The first kappa shape index (κ1) is 18.8. The molecule has 0 aliphatic carbocycles. The van der Waals surface area contributed by atoms with Crippen molar-refractivity contribution in [3.63, 3.8) is 0 Å². The van der Waals surface area contributed by atoms with Crippen molar-refractivity contribution in [1.29, 1.82) is 0 Å². The molecule has 0 aromatic heterocycles. The molecule has 0 atom stereocenters. The molecule has 5 nitrogen and oxygen atoms in total. The number of carbonyl (C=O) groups is 1. The Bertz CT molecular complexity index is 379. The molecule has 100 valence electrons. The summed E-state index contributed by atoms with van der Waals surface area (Å²) in [6.07, 6.45) is 0.312. The molecule has 0 bridgehead atoms. The van der Waals surface area contributed by atoms with Crippen LogP contribution in [0.25, 0.3) is 0 Å². The molecule has 0 radical (unpaired) electrons. The number of rotatable bonds is 7. The molecular weight excluding hydrogens is 293 g/mol. The van der Waals surface area contributed by atoms with Gasteiger partial charge in [0.25, 0.3) is 0 Å². The Morgan fingerprint density at radius 1 is 1.32 bits per heavy atom. The molecule has 0 unspecified atom stereocenters. The predicted octanol–water partition coefficient (Wildman–Crippen LogP) is -1.76. The minimum Gasteiger partial charge on any atom is -0.691 e. The number of hydrogen-bond acceptors (Lipinski definition) is 6. The van der Waals surface area contributed by atoms with Crippen molar-refractivity contribution in [3.05, 3.63) is 35.9 Å². The zero-order valence-electron chi connectivity index (χ0n) is 10.0. The molecule has 0 fully saturated rings. The van der Waals surface area contributed by atoms with Gasteiger partial charge in [0.15, 0.2) is 0 Å². The van der Waals surface area contributed by atoms with Crippen LogP contribution in [-0.4, -0.2) is 17.8 Å². The maximum Gasteiger partial charge on any atom is 1.00 e. The molecule has 0 spiro atoms. The number of ether oxygens (including phenoxy) is 1. The van der Waals surface area contributed by atoms with Gasteiger partial charge >= 0.3 is 40.8 Å². The summed E-state index contributed by atoms with van der Waals surface area (Å²) in [6, 6.07) is 8.91. The first-order valence-corrected chi connectivity index (χ1v) is 5.53. The SMILES string of the molecule is O=C(OCCc1ccccc1)C(F)(F)SOO[O-].[Na+]. The fourth-order valence-corrected chi connectivity index (χ4v) is 1.32. The molecule has 0 heterocycles. The van der Waals surface area contributed by atoms with Crippen LogP contribution in [0.15, 0.2) is 30.3 Å². The molecule has 0 N–H and O–H groups in total. The van der Waals surface area contributed by atoms with E-state index in [-0.39, 0.29) is 36.2 Å². The molecular formula is C10H9F2NaO5S. The van der Waals surface area contributed by atoms with Crippen LogP contribution in [0.3, 0.4) is 0 Å². The third-order valence-electron chi connectivity index (χ3n) is 1.87. The van der Waals surface area contributed by atoms with Crippen molar-refractivity contribution in [1.82, 2.24) is 0 Å². The van der Waals surface area contributed by atoms with Crippen molar-refractivity contribution in [2.45, 2.75) is 11.7 Å². The second-order valence-corrected chi connectivity index (χ2v) is 3.92. The topological polar surface area (TPSA) is 67.8 Å². The number of halogens is 2. The van der Waals surface area contributed by atoms with Crippen molar-refractivity contribution in [2.24, 2.45) is 0 Å². The Morgan fingerprint density at radius 3 is 2.53 bits per heavy atom. The van der Waals surface area contributed by atoms with Crippen molar-refractivity contribution in [3.8, 4) is 0 Å². The zero-order valence-corrected chi connectivity index (χ0v) is 12.8. The summed E-state index contributed by atoms with van der Waals surface area (Å²) < 4.78 is 33.5. The van der Waals surface area contributed by atoms with Gasteiger partial charge in [-0.15, -0.1) is 0 Å². The summed E-state index contributed by atoms with van der Waals surface area (Å²) in [6.45, 7) is -0.197. The van der Waals surface area contributed by atoms with E-state index in [0.29, 0.717) is 6.42 Å². The number of benzene rings is 1. The van der Waals surface area contributed by atoms with E-state index in [0.717, 1.165) is 5.56 Å². The van der Waals surface area contributed by atoms with Gasteiger partial charge in [-0.1, -0.05) is 30.3 Å². The van der Waals surface area contributed by atoms with Gasteiger partial charge in [0.2, 0.25) is 0 Å². The van der Waals surface area contributed by atoms with Gasteiger partial charge in [-0.05, 0) is 5.56 Å². The van der Waals surface area contributed by atoms with E-state index >= 15 is 0 Å². The summed E-state index contributed by atoms with van der Waals surface area (Å²) >= 11 is -0.710. The van der Waals surface area contributed by atoms with E-state index in [1.165, 1.54) is 0 Å². The number of alkyl halides is 2. The van der Waals surface area contributed by atoms with E-state index in [2.05, 4.69) is 14.1 Å². The van der Waals surface area contributed by atoms with Crippen molar-refractivity contribution < 1.29 is 62.5 Å². The molecule has 1 rings (SSSR count). The average molecular weight is 302 g/mol. The Kier molecular flexibility index (Phi) is 9.54. The monoisotopic (exact) mass is 302 g/mol. The molecule has 1 aromatic carbocycles. The molecule has 0 aliphatic rings. The molecule has 9 heteroatoms. The second-order valence-electron chi connectivity index (χ2n) is 3.11. The van der Waals surface area contributed by atoms with E-state index in [1.807, 2.05) is 0 Å². The molecule has 1 aromatic rings. The van der Waals surface area contributed by atoms with Crippen LogP contribution in [0.1, 0.15) is 5.56 Å². The third kappa shape index (κ3) is 7.21. The first-order chi connectivity index (χ1) is 8.56. The van der Waals surface area contributed by atoms with Crippen LogP contribution < -0.4 is 34.8 Å². The summed E-state index contributed by atoms with van der Waals surface area (Å²) in [5.41, 5.74) is 0.848. The summed E-state index contributed by atoms with van der Waals surface area (Å²) in [5.74, 6) is -1.79. The van der Waals surface area contributed by atoms with Crippen LogP contribution in [0.5, 0.6) is 0 Å². The largest absolute Gasteiger partial charge is 1.00 e. The predicted molar refractivity (Wildman–Crippen MR) is 55.8 cm³/mol. The third-order valence-corrected chi connectivity index (χ3v) is 2.37. The summed E-state index contributed by atoms with van der Waals surface area (Å²) in [7, 11) is 0. The smallest absolute Gasteiger partial charge is 0.691 e. The Hall–Kier alpha value is -0.220. The minimum absolute atomic E-state index is 0. The van der Waals surface area contributed by atoms with Gasteiger partial charge in [0.1, 0.15) is 12.0 Å². The fraction of sp³-hybridized carbons (Fsp3) is 0.300. The Morgan fingerprint density at radius 2 is 1.95 bits per heavy atom. The van der Waals surface area contributed by atoms with Crippen molar-refractivity contribution in [2.75, 3.05) is 6.61 Å². The quantitative estimate of drug-likeness (QED) is 0.195. The summed E-state index contributed by atoms with van der Waals surface area (Å²) in [4.78, 5) is 10.9. The second kappa shape index (κ2) is 9.65. The minimum atomic E-state index is -3.99. The number of hydrogen-bond donors (Lipinski definition) is 0. The summed E-state index contributed by atoms with van der Waals surface area (Å²) in [5, 5.41) is 8.11. The van der Waals surface area contributed by atoms with Crippen LogP contribution in [0, 0.1) is 0 Å². The maximum absolute atomic E-state index is 12.9. The average Bonchev–Trinajstić information content (AvgIpc) is 2.37. The Labute approximate surface area is 134 Å². The molecule has 0 amide bonds. The van der Waals surface area contributed by atoms with E-state index < -0.39 is 23.3 Å². The van der Waals surface area contributed by atoms with Gasteiger partial charge in [-0.2, -0.15) is 13.1 Å². The van der Waals surface area contributed by atoms with Crippen LogP contribution in [0.2, 0.25) is 0 Å². The maximum atomic E-state index is 12.9. The standard InChI is InChI=1S/C10H10F2O5S.Na/c11-10(12,18-17-16-14)9(13)15-7-6-8-4-2-1-3-5-8;/h1-5,14H,6-7H2;/q;+1/p-1. The Balaban J connectivity index is 0.00000324. The number of carbonyl (C=O) groups excluding carboxylic acids is 1.